The van der Waals surface area contributed by atoms with E-state index >= 15 is 0 Å². The molecule has 0 aromatic rings. The summed E-state index contributed by atoms with van der Waals surface area (Å²) < 4.78 is 3.50. The molecule has 0 aliphatic heterocycles. The van der Waals surface area contributed by atoms with Crippen LogP contribution in [-0.2, 0) is 0 Å². The number of rotatable bonds is 1. The van der Waals surface area contributed by atoms with Gasteiger partial charge < -0.3 is 0 Å². The maximum absolute atomic E-state index is 3.33. The molecule has 0 bridgehead atoms. The van der Waals surface area contributed by atoms with Crippen LogP contribution in [-0.4, -0.2) is 0 Å². The van der Waals surface area contributed by atoms with Crippen LogP contribution < -0.4 is 0 Å². The molecule has 0 saturated carbocycles. The first-order chi connectivity index (χ1) is 4.46. The van der Waals surface area contributed by atoms with Gasteiger partial charge in [-0.2, -0.15) is 0 Å². The van der Waals surface area contributed by atoms with E-state index < -0.39 is 0 Å². The van der Waals surface area contributed by atoms with E-state index in [0.717, 1.165) is 15.7 Å². The van der Waals surface area contributed by atoms with Gasteiger partial charge in [0.05, 0.1) is 15.7 Å². The van der Waals surface area contributed by atoms with E-state index in [9.17, 15) is 0 Å². The Labute approximate surface area is 110 Å². The molecular weight excluding hydrogens is 527 g/mol. The summed E-state index contributed by atoms with van der Waals surface area (Å²) in [6.45, 7) is 0. The number of hydrogen-bond acceptors (Lipinski definition) is 0. The first kappa shape index (κ1) is 12.4. The summed E-state index contributed by atoms with van der Waals surface area (Å²) in [6, 6.07) is 0. The Morgan fingerprint density at radius 3 is 0.800 bits per heavy atom. The zero-order chi connectivity index (χ0) is 8.31. The van der Waals surface area contributed by atoms with Crippen molar-refractivity contribution in [2.24, 2.45) is 0 Å². The van der Waals surface area contributed by atoms with Gasteiger partial charge in [0.2, 0.25) is 0 Å². The molecular formula is C4Br6. The molecule has 0 unspecified atom stereocenters. The van der Waals surface area contributed by atoms with Gasteiger partial charge >= 0.3 is 0 Å². The smallest absolute Gasteiger partial charge is 0.0477 e. The van der Waals surface area contributed by atoms with Crippen LogP contribution in [0, 0.1) is 0 Å². The summed E-state index contributed by atoms with van der Waals surface area (Å²) in [5.74, 6) is 0. The van der Waals surface area contributed by atoms with E-state index in [0.29, 0.717) is 0 Å². The highest BCUT2D eigenvalue weighted by molar-refractivity contribution is 9.29. The monoisotopic (exact) mass is 522 g/mol. The Hall–Kier alpha value is 2.36. The molecule has 0 atom stereocenters. The van der Waals surface area contributed by atoms with E-state index in [2.05, 4.69) is 95.6 Å². The first-order valence-electron chi connectivity index (χ1n) is 1.88. The van der Waals surface area contributed by atoms with E-state index in [1.165, 1.54) is 0 Å². The minimum Gasteiger partial charge on any atom is -0.0477 e. The standard InChI is InChI=1S/C4Br6/c5-1(3(7)8)2(6)4(9)10. The molecule has 6 heteroatoms. The fourth-order valence-corrected chi connectivity index (χ4v) is 2.42. The fourth-order valence-electron chi connectivity index (χ4n) is 0.166. The molecule has 0 amide bonds. The second-order valence-electron chi connectivity index (χ2n) is 1.15. The zero-order valence-electron chi connectivity index (χ0n) is 4.27. The summed E-state index contributed by atoms with van der Waals surface area (Å²) in [6.07, 6.45) is 0. The highest BCUT2D eigenvalue weighted by atomic mass is 79.9. The van der Waals surface area contributed by atoms with Crippen LogP contribution in [0.15, 0.2) is 15.7 Å². The average molecular weight is 527 g/mol. The van der Waals surface area contributed by atoms with Gasteiger partial charge in [0.15, 0.2) is 0 Å². The van der Waals surface area contributed by atoms with Crippen molar-refractivity contribution in [2.45, 2.75) is 0 Å². The molecule has 0 N–H and O–H groups in total. The Kier molecular flexibility index (Phi) is 7.31. The van der Waals surface area contributed by atoms with E-state index in [4.69, 9.17) is 0 Å². The van der Waals surface area contributed by atoms with Crippen LogP contribution in [0.4, 0.5) is 0 Å². The normalized spacial score (nSPS) is 9.00. The zero-order valence-corrected chi connectivity index (χ0v) is 13.8. The van der Waals surface area contributed by atoms with Gasteiger partial charge in [-0.3, -0.25) is 0 Å². The van der Waals surface area contributed by atoms with Crippen molar-refractivity contribution in [3.05, 3.63) is 15.7 Å². The largest absolute Gasteiger partial charge is 0.0758 e. The summed E-state index contributed by atoms with van der Waals surface area (Å²) in [4.78, 5) is 0. The molecule has 58 valence electrons. The number of allylic oxidation sites excluding steroid dienone is 2. The molecule has 0 aliphatic carbocycles. The van der Waals surface area contributed by atoms with Crippen molar-refractivity contribution in [3.8, 4) is 0 Å². The molecule has 0 aromatic carbocycles. The number of hydrogen-bond donors (Lipinski definition) is 0. The van der Waals surface area contributed by atoms with Gasteiger partial charge in [0.1, 0.15) is 0 Å². The van der Waals surface area contributed by atoms with Gasteiger partial charge in [0, 0.05) is 0 Å². The minimum atomic E-state index is 0.850. The molecule has 0 aromatic heterocycles. The SMILES string of the molecule is BrC(Br)=C(Br)C(Br)=C(Br)Br. The van der Waals surface area contributed by atoms with E-state index in [1.54, 1.807) is 0 Å². The van der Waals surface area contributed by atoms with E-state index in [1.807, 2.05) is 0 Å². The van der Waals surface area contributed by atoms with Crippen molar-refractivity contribution in [1.82, 2.24) is 0 Å². The highest BCUT2D eigenvalue weighted by Crippen LogP contribution is 2.37. The van der Waals surface area contributed by atoms with Crippen molar-refractivity contribution in [1.29, 1.82) is 0 Å². The van der Waals surface area contributed by atoms with Crippen LogP contribution >= 0.6 is 95.6 Å². The van der Waals surface area contributed by atoms with Gasteiger partial charge in [-0.1, -0.05) is 0 Å². The molecule has 10 heavy (non-hydrogen) atoms. The highest BCUT2D eigenvalue weighted by Gasteiger charge is 2.04. The lowest BCUT2D eigenvalue weighted by molar-refractivity contribution is 1.97. The molecule has 0 nitrogen and oxygen atoms in total. The fraction of sp³-hybridized carbons (Fsp3) is 0. The minimum absolute atomic E-state index is 0.850. The van der Waals surface area contributed by atoms with Crippen LogP contribution in [0.25, 0.3) is 0 Å². The third-order valence-electron chi connectivity index (χ3n) is 0.525. The van der Waals surface area contributed by atoms with Gasteiger partial charge in [0.25, 0.3) is 0 Å². The van der Waals surface area contributed by atoms with Gasteiger partial charge in [-0.05, 0) is 95.6 Å². The van der Waals surface area contributed by atoms with E-state index in [-0.39, 0.29) is 0 Å². The Balaban J connectivity index is 4.71. The van der Waals surface area contributed by atoms with Crippen LogP contribution in [0.3, 0.4) is 0 Å². The third-order valence-corrected chi connectivity index (χ3v) is 6.36. The Bertz CT molecular complexity index is 160. The third kappa shape index (κ3) is 4.40. The first-order valence-corrected chi connectivity index (χ1v) is 6.64. The molecule has 0 heterocycles. The maximum Gasteiger partial charge on any atom is 0.0758 e. The maximum atomic E-state index is 3.33. The summed E-state index contributed by atoms with van der Waals surface area (Å²) in [7, 11) is 0. The predicted molar refractivity (Wildman–Crippen MR) is 67.6 cm³/mol. The Morgan fingerprint density at radius 2 is 0.700 bits per heavy atom. The summed E-state index contributed by atoms with van der Waals surface area (Å²) >= 11 is 19.7. The number of halogens is 6. The summed E-state index contributed by atoms with van der Waals surface area (Å²) in [5.41, 5.74) is 0. The molecule has 0 saturated heterocycles. The van der Waals surface area contributed by atoms with Crippen LogP contribution in [0.2, 0.25) is 0 Å². The molecule has 0 radical (unpaired) electrons. The molecule has 0 aliphatic rings. The predicted octanol–water partition coefficient (Wildman–Crippen LogP) is 5.69. The summed E-state index contributed by atoms with van der Waals surface area (Å²) in [5, 5.41) is 0. The van der Waals surface area contributed by atoms with Crippen molar-refractivity contribution in [2.75, 3.05) is 0 Å². The second-order valence-corrected chi connectivity index (χ2v) is 8.04. The molecule has 0 rings (SSSR count). The molecule has 0 spiro atoms. The van der Waals surface area contributed by atoms with Crippen molar-refractivity contribution < 1.29 is 0 Å². The van der Waals surface area contributed by atoms with Crippen LogP contribution in [0.1, 0.15) is 0 Å². The van der Waals surface area contributed by atoms with Crippen LogP contribution in [0.5, 0.6) is 0 Å². The van der Waals surface area contributed by atoms with Crippen molar-refractivity contribution >= 4 is 95.6 Å². The topological polar surface area (TPSA) is 0 Å². The second kappa shape index (κ2) is 5.91. The lowest BCUT2D eigenvalue weighted by Crippen LogP contribution is -1.70. The molecule has 0 fully saturated rings. The van der Waals surface area contributed by atoms with Gasteiger partial charge in [-0.25, -0.2) is 0 Å². The van der Waals surface area contributed by atoms with Gasteiger partial charge in [-0.15, -0.1) is 0 Å². The lowest BCUT2D eigenvalue weighted by atomic mass is 10.6. The lowest BCUT2D eigenvalue weighted by Gasteiger charge is -1.96. The van der Waals surface area contributed by atoms with Crippen molar-refractivity contribution in [3.63, 3.8) is 0 Å². The average Bonchev–Trinajstić information content (AvgIpc) is 1.84. The Morgan fingerprint density at radius 1 is 0.500 bits per heavy atom. The quantitative estimate of drug-likeness (QED) is 0.385.